The summed E-state index contributed by atoms with van der Waals surface area (Å²) in [4.78, 5) is 0. The Morgan fingerprint density at radius 3 is 1.49 bits per heavy atom. The van der Waals surface area contributed by atoms with E-state index >= 15 is 0 Å². The minimum atomic E-state index is 0.449. The van der Waals surface area contributed by atoms with Crippen LogP contribution in [0, 0.1) is 5.92 Å². The molecule has 2 aromatic rings. The summed E-state index contributed by atoms with van der Waals surface area (Å²) in [6, 6.07) is 17.9. The molecule has 3 heteroatoms. The fourth-order valence-electron chi connectivity index (χ4n) is 7.24. The van der Waals surface area contributed by atoms with Gasteiger partial charge in [0.25, 0.3) is 0 Å². The van der Waals surface area contributed by atoms with E-state index in [4.69, 9.17) is 14.2 Å². The highest BCUT2D eigenvalue weighted by atomic mass is 16.5. The van der Waals surface area contributed by atoms with Crippen LogP contribution >= 0.6 is 0 Å². The predicted octanol–water partition coefficient (Wildman–Crippen LogP) is 11.8. The standard InChI is InChI=1S/C40H62O3/c1-3-5-9-13-33-14-16-34(17-15-33)35-18-24-39(25-19-35)42-31-11-7-8-12-32-43-40-28-22-37(23-29-40)36-20-26-38(27-21-36)41-30-10-6-4-2/h18-21,24-27,33-34,37,40H,3-17,22-23,28-32H2,1-2H3. The Bertz CT molecular complexity index is 952. The van der Waals surface area contributed by atoms with Crippen molar-refractivity contribution in [2.24, 2.45) is 5.92 Å². The Morgan fingerprint density at radius 1 is 0.488 bits per heavy atom. The fraction of sp³-hybridized carbons (Fsp3) is 0.700. The molecule has 0 aliphatic heterocycles. The summed E-state index contributed by atoms with van der Waals surface area (Å²) in [5, 5.41) is 0. The van der Waals surface area contributed by atoms with Gasteiger partial charge in [0.05, 0.1) is 19.3 Å². The molecule has 2 aliphatic rings. The van der Waals surface area contributed by atoms with E-state index in [0.29, 0.717) is 12.0 Å². The first-order valence-electron chi connectivity index (χ1n) is 18.3. The second-order valence-electron chi connectivity index (χ2n) is 13.5. The average Bonchev–Trinajstić information content (AvgIpc) is 3.06. The molecule has 240 valence electrons. The minimum Gasteiger partial charge on any atom is -0.494 e. The quantitative estimate of drug-likeness (QED) is 0.144. The molecule has 0 spiro atoms. The van der Waals surface area contributed by atoms with E-state index in [-0.39, 0.29) is 0 Å². The van der Waals surface area contributed by atoms with Crippen LogP contribution in [0.2, 0.25) is 0 Å². The third-order valence-electron chi connectivity index (χ3n) is 10.1. The van der Waals surface area contributed by atoms with Crippen molar-refractivity contribution in [1.29, 1.82) is 0 Å². The van der Waals surface area contributed by atoms with E-state index in [1.54, 1.807) is 0 Å². The van der Waals surface area contributed by atoms with Gasteiger partial charge in [-0.2, -0.15) is 0 Å². The van der Waals surface area contributed by atoms with Gasteiger partial charge in [-0.3, -0.25) is 0 Å². The van der Waals surface area contributed by atoms with Gasteiger partial charge in [0.1, 0.15) is 11.5 Å². The Kier molecular flexibility index (Phi) is 15.8. The lowest BCUT2D eigenvalue weighted by Gasteiger charge is -2.29. The largest absolute Gasteiger partial charge is 0.494 e. The van der Waals surface area contributed by atoms with Crippen LogP contribution in [0.1, 0.15) is 159 Å². The molecule has 2 saturated carbocycles. The molecule has 3 nitrogen and oxygen atoms in total. The maximum atomic E-state index is 6.26. The molecule has 0 saturated heterocycles. The van der Waals surface area contributed by atoms with E-state index in [2.05, 4.69) is 62.4 Å². The molecular formula is C40H62O3. The van der Waals surface area contributed by atoms with Gasteiger partial charge in [-0.15, -0.1) is 0 Å². The SMILES string of the molecule is CCCCCOc1ccc(C2CCC(OCCCCCCOc3ccc(C4CCC(CCCCC)CC4)cc3)CC2)cc1. The van der Waals surface area contributed by atoms with Crippen molar-refractivity contribution >= 4 is 0 Å². The lowest BCUT2D eigenvalue weighted by molar-refractivity contribution is 0.0225. The third kappa shape index (κ3) is 12.5. The molecule has 0 unspecified atom stereocenters. The zero-order valence-corrected chi connectivity index (χ0v) is 27.7. The van der Waals surface area contributed by atoms with Gasteiger partial charge >= 0.3 is 0 Å². The van der Waals surface area contributed by atoms with Gasteiger partial charge < -0.3 is 14.2 Å². The predicted molar refractivity (Wildman–Crippen MR) is 182 cm³/mol. The molecule has 4 rings (SSSR count). The van der Waals surface area contributed by atoms with Gasteiger partial charge in [0.2, 0.25) is 0 Å². The highest BCUT2D eigenvalue weighted by molar-refractivity contribution is 5.30. The molecule has 0 radical (unpaired) electrons. The lowest BCUT2D eigenvalue weighted by Crippen LogP contribution is -2.21. The number of benzene rings is 2. The molecule has 0 heterocycles. The molecular weight excluding hydrogens is 528 g/mol. The highest BCUT2D eigenvalue weighted by Gasteiger charge is 2.23. The Labute approximate surface area is 264 Å². The highest BCUT2D eigenvalue weighted by Crippen LogP contribution is 2.38. The summed E-state index contributed by atoms with van der Waals surface area (Å²) < 4.78 is 18.2. The Morgan fingerprint density at radius 2 is 0.953 bits per heavy atom. The molecule has 0 atom stereocenters. The van der Waals surface area contributed by atoms with E-state index in [1.807, 2.05) is 0 Å². The summed E-state index contributed by atoms with van der Waals surface area (Å²) >= 11 is 0. The van der Waals surface area contributed by atoms with Crippen LogP contribution in [-0.2, 0) is 4.74 Å². The number of unbranched alkanes of at least 4 members (excludes halogenated alkanes) is 7. The summed E-state index contributed by atoms with van der Waals surface area (Å²) in [6.07, 6.45) is 24.9. The third-order valence-corrected chi connectivity index (χ3v) is 10.1. The van der Waals surface area contributed by atoms with Crippen LogP contribution in [0.3, 0.4) is 0 Å². The fourth-order valence-corrected chi connectivity index (χ4v) is 7.24. The second kappa shape index (κ2) is 20.1. The van der Waals surface area contributed by atoms with E-state index in [1.165, 1.54) is 114 Å². The molecule has 43 heavy (non-hydrogen) atoms. The van der Waals surface area contributed by atoms with Gasteiger partial charge in [0, 0.05) is 6.61 Å². The normalized spacial score (nSPS) is 22.4. The smallest absolute Gasteiger partial charge is 0.119 e. The monoisotopic (exact) mass is 590 g/mol. The first-order valence-corrected chi connectivity index (χ1v) is 18.3. The lowest BCUT2D eigenvalue weighted by atomic mass is 9.77. The summed E-state index contributed by atoms with van der Waals surface area (Å²) in [7, 11) is 0. The van der Waals surface area contributed by atoms with E-state index < -0.39 is 0 Å². The zero-order valence-electron chi connectivity index (χ0n) is 27.7. The molecule has 2 aromatic carbocycles. The van der Waals surface area contributed by atoms with Crippen LogP contribution in [-0.4, -0.2) is 25.9 Å². The molecule has 0 bridgehead atoms. The van der Waals surface area contributed by atoms with Crippen LogP contribution in [0.15, 0.2) is 48.5 Å². The minimum absolute atomic E-state index is 0.449. The topological polar surface area (TPSA) is 27.7 Å². The van der Waals surface area contributed by atoms with Crippen molar-refractivity contribution in [3.63, 3.8) is 0 Å². The van der Waals surface area contributed by atoms with Crippen molar-refractivity contribution in [1.82, 2.24) is 0 Å². The van der Waals surface area contributed by atoms with Crippen LogP contribution < -0.4 is 9.47 Å². The Hall–Kier alpha value is -2.00. The molecule has 0 amide bonds. The number of ether oxygens (including phenoxy) is 3. The number of hydrogen-bond acceptors (Lipinski definition) is 3. The van der Waals surface area contributed by atoms with Crippen molar-refractivity contribution in [2.75, 3.05) is 19.8 Å². The summed E-state index contributed by atoms with van der Waals surface area (Å²) in [5.74, 6) is 4.45. The van der Waals surface area contributed by atoms with Gasteiger partial charge in [-0.05, 0) is 130 Å². The van der Waals surface area contributed by atoms with Crippen molar-refractivity contribution in [3.8, 4) is 11.5 Å². The first-order chi connectivity index (χ1) is 21.2. The number of rotatable bonds is 20. The van der Waals surface area contributed by atoms with Crippen molar-refractivity contribution in [2.45, 2.75) is 154 Å². The molecule has 0 aromatic heterocycles. The van der Waals surface area contributed by atoms with Crippen molar-refractivity contribution in [3.05, 3.63) is 59.7 Å². The molecule has 2 fully saturated rings. The maximum Gasteiger partial charge on any atom is 0.119 e. The maximum absolute atomic E-state index is 6.26. The average molecular weight is 591 g/mol. The van der Waals surface area contributed by atoms with E-state index in [9.17, 15) is 0 Å². The van der Waals surface area contributed by atoms with Gasteiger partial charge in [-0.1, -0.05) is 83.1 Å². The zero-order chi connectivity index (χ0) is 30.0. The Balaban J connectivity index is 0.985. The van der Waals surface area contributed by atoms with Gasteiger partial charge in [-0.25, -0.2) is 0 Å². The number of hydrogen-bond donors (Lipinski definition) is 0. The molecule has 2 aliphatic carbocycles. The summed E-state index contributed by atoms with van der Waals surface area (Å²) in [5.41, 5.74) is 2.98. The first kappa shape index (κ1) is 33.9. The van der Waals surface area contributed by atoms with Crippen LogP contribution in [0.25, 0.3) is 0 Å². The summed E-state index contributed by atoms with van der Waals surface area (Å²) in [6.45, 7) is 7.09. The van der Waals surface area contributed by atoms with Gasteiger partial charge in [0.15, 0.2) is 0 Å². The van der Waals surface area contributed by atoms with Crippen LogP contribution in [0.4, 0.5) is 0 Å². The van der Waals surface area contributed by atoms with E-state index in [0.717, 1.165) is 62.4 Å². The van der Waals surface area contributed by atoms with Crippen LogP contribution in [0.5, 0.6) is 11.5 Å². The molecule has 0 N–H and O–H groups in total. The van der Waals surface area contributed by atoms with Crippen molar-refractivity contribution < 1.29 is 14.2 Å². The second-order valence-corrected chi connectivity index (χ2v) is 13.5.